The molecule has 0 aromatic carbocycles. The molecular weight excluding hydrogens is 276 g/mol. The van der Waals surface area contributed by atoms with Crippen LogP contribution < -0.4 is 0 Å². The molecule has 1 aromatic heterocycles. The molecule has 3 unspecified atom stereocenters. The lowest BCUT2D eigenvalue weighted by atomic mass is 9.58. The van der Waals surface area contributed by atoms with E-state index in [-0.39, 0.29) is 17.3 Å². The van der Waals surface area contributed by atoms with E-state index < -0.39 is 0 Å². The molecule has 0 amide bonds. The van der Waals surface area contributed by atoms with Crippen LogP contribution in [0.15, 0.2) is 22.3 Å². The Morgan fingerprint density at radius 2 is 2.18 bits per heavy atom. The minimum absolute atomic E-state index is 0.0570. The molecule has 3 nitrogen and oxygen atoms in total. The number of ketones is 1. The van der Waals surface area contributed by atoms with Crippen LogP contribution in [0, 0.1) is 24.2 Å². The van der Waals surface area contributed by atoms with E-state index in [2.05, 4.69) is 33.8 Å². The first kappa shape index (κ1) is 15.5. The number of fused-ring (bicyclic) bond motifs is 2. The largest absolute Gasteiger partial charge is 0.460 e. The van der Waals surface area contributed by atoms with Crippen molar-refractivity contribution in [2.75, 3.05) is 6.61 Å². The lowest BCUT2D eigenvalue weighted by Crippen LogP contribution is -2.44. The lowest BCUT2D eigenvalue weighted by molar-refractivity contribution is -0.0597. The van der Waals surface area contributed by atoms with Crippen LogP contribution in [0.4, 0.5) is 0 Å². The van der Waals surface area contributed by atoms with Crippen molar-refractivity contribution in [3.8, 4) is 0 Å². The van der Waals surface area contributed by atoms with Gasteiger partial charge in [0, 0.05) is 23.2 Å². The third kappa shape index (κ3) is 2.10. The average Bonchev–Trinajstić information content (AvgIpc) is 2.83. The third-order valence-corrected chi connectivity index (χ3v) is 5.43. The molecule has 1 heterocycles. The Bertz CT molecular complexity index is 623. The Morgan fingerprint density at radius 3 is 2.86 bits per heavy atom. The molecule has 0 N–H and O–H groups in total. The van der Waals surface area contributed by atoms with Gasteiger partial charge < -0.3 is 9.15 Å². The summed E-state index contributed by atoms with van der Waals surface area (Å²) in [5, 5.41) is 0. The van der Waals surface area contributed by atoms with Crippen molar-refractivity contribution in [3.05, 3.63) is 34.8 Å². The number of aryl methyl sites for hydroxylation is 1. The number of allylic oxidation sites excluding steroid dienone is 1. The highest BCUT2D eigenvalue weighted by atomic mass is 16.5. The van der Waals surface area contributed by atoms with Gasteiger partial charge in [-0.15, -0.1) is 0 Å². The van der Waals surface area contributed by atoms with Gasteiger partial charge in [-0.1, -0.05) is 33.8 Å². The van der Waals surface area contributed by atoms with Crippen molar-refractivity contribution in [3.63, 3.8) is 0 Å². The van der Waals surface area contributed by atoms with Crippen molar-refractivity contribution in [1.29, 1.82) is 0 Å². The van der Waals surface area contributed by atoms with Crippen LogP contribution in [0.25, 0.3) is 0 Å². The van der Waals surface area contributed by atoms with E-state index in [9.17, 15) is 4.79 Å². The van der Waals surface area contributed by atoms with Crippen LogP contribution in [0.1, 0.15) is 68.3 Å². The van der Waals surface area contributed by atoms with Gasteiger partial charge in [-0.25, -0.2) is 0 Å². The predicted molar refractivity (Wildman–Crippen MR) is 85.9 cm³/mol. The fourth-order valence-electron chi connectivity index (χ4n) is 3.92. The van der Waals surface area contributed by atoms with Crippen molar-refractivity contribution in [1.82, 2.24) is 0 Å². The number of carbonyl (C=O) groups excluding carboxylic acids is 1. The summed E-state index contributed by atoms with van der Waals surface area (Å²) in [5.41, 5.74) is 2.63. The van der Waals surface area contributed by atoms with E-state index in [4.69, 9.17) is 9.15 Å². The summed E-state index contributed by atoms with van der Waals surface area (Å²) >= 11 is 0. The van der Waals surface area contributed by atoms with Crippen LogP contribution in [-0.4, -0.2) is 12.4 Å². The molecule has 3 atom stereocenters. The molecule has 3 heteroatoms. The second kappa shape index (κ2) is 5.38. The zero-order valence-corrected chi connectivity index (χ0v) is 14.2. The monoisotopic (exact) mass is 302 g/mol. The van der Waals surface area contributed by atoms with Crippen molar-refractivity contribution in [2.24, 2.45) is 17.3 Å². The SMILES string of the molecule is Cc1coc2c1C(OCC(C)C)C1(C)C(=CCCC1C)C2=O. The predicted octanol–water partition coefficient (Wildman–Crippen LogP) is 4.86. The molecule has 0 fully saturated rings. The van der Waals surface area contributed by atoms with Crippen molar-refractivity contribution >= 4 is 5.78 Å². The zero-order chi connectivity index (χ0) is 16.1. The van der Waals surface area contributed by atoms with Crippen LogP contribution in [-0.2, 0) is 4.74 Å². The zero-order valence-electron chi connectivity index (χ0n) is 14.2. The molecule has 0 bridgehead atoms. The fourth-order valence-corrected chi connectivity index (χ4v) is 3.92. The first-order valence-electron chi connectivity index (χ1n) is 8.32. The number of hydrogen-bond acceptors (Lipinski definition) is 3. The number of rotatable bonds is 3. The maximum Gasteiger partial charge on any atom is 0.224 e. The second-order valence-electron chi connectivity index (χ2n) is 7.48. The molecule has 1 aromatic rings. The molecule has 22 heavy (non-hydrogen) atoms. The number of carbonyl (C=O) groups is 1. The van der Waals surface area contributed by atoms with Gasteiger partial charge in [0.05, 0.1) is 12.4 Å². The molecular formula is C19H26O3. The Balaban J connectivity index is 2.15. The van der Waals surface area contributed by atoms with E-state index in [1.54, 1.807) is 6.26 Å². The average molecular weight is 302 g/mol. The Labute approximate surface area is 132 Å². The molecule has 2 aliphatic rings. The Kier molecular flexibility index (Phi) is 3.80. The number of Topliss-reactive ketones (excluding diaryl/α,β-unsaturated/α-hetero) is 1. The van der Waals surface area contributed by atoms with Crippen LogP contribution in [0.5, 0.6) is 0 Å². The maximum absolute atomic E-state index is 12.9. The Morgan fingerprint density at radius 1 is 1.45 bits per heavy atom. The third-order valence-electron chi connectivity index (χ3n) is 5.43. The lowest BCUT2D eigenvalue weighted by Gasteiger charge is -2.48. The summed E-state index contributed by atoms with van der Waals surface area (Å²) < 4.78 is 11.9. The maximum atomic E-state index is 12.9. The first-order chi connectivity index (χ1) is 10.4. The summed E-state index contributed by atoms with van der Waals surface area (Å²) in [7, 11) is 0. The van der Waals surface area contributed by atoms with E-state index in [0.29, 0.717) is 24.2 Å². The molecule has 2 aliphatic carbocycles. The highest BCUT2D eigenvalue weighted by Crippen LogP contribution is 2.57. The quantitative estimate of drug-likeness (QED) is 0.800. The molecule has 3 rings (SSSR count). The minimum Gasteiger partial charge on any atom is -0.460 e. The van der Waals surface area contributed by atoms with E-state index >= 15 is 0 Å². The molecule has 0 saturated carbocycles. The molecule has 0 aliphatic heterocycles. The van der Waals surface area contributed by atoms with Gasteiger partial charge in [-0.2, -0.15) is 0 Å². The number of ether oxygens (including phenoxy) is 1. The van der Waals surface area contributed by atoms with Gasteiger partial charge in [0.1, 0.15) is 0 Å². The van der Waals surface area contributed by atoms with Crippen molar-refractivity contribution < 1.29 is 13.9 Å². The van der Waals surface area contributed by atoms with Crippen LogP contribution in [0.2, 0.25) is 0 Å². The van der Waals surface area contributed by atoms with E-state index in [1.807, 2.05) is 6.92 Å². The normalized spacial score (nSPS) is 31.0. The summed E-state index contributed by atoms with van der Waals surface area (Å²) in [6, 6.07) is 0. The highest BCUT2D eigenvalue weighted by Gasteiger charge is 2.53. The van der Waals surface area contributed by atoms with E-state index in [0.717, 1.165) is 29.5 Å². The van der Waals surface area contributed by atoms with Crippen LogP contribution >= 0.6 is 0 Å². The summed E-state index contributed by atoms with van der Waals surface area (Å²) in [6.07, 6.45) is 5.77. The van der Waals surface area contributed by atoms with Gasteiger partial charge in [0.2, 0.25) is 5.78 Å². The summed E-state index contributed by atoms with van der Waals surface area (Å²) in [6.45, 7) is 11.4. The molecule has 0 saturated heterocycles. The highest BCUT2D eigenvalue weighted by molar-refractivity contribution is 6.10. The standard InChI is InChI=1S/C19H26O3/c1-11(2)9-22-18-15-12(3)10-21-17(15)16(20)14-8-6-7-13(4)19(14,18)5/h8,10-11,13,18H,6-7,9H2,1-5H3. The van der Waals surface area contributed by atoms with Gasteiger partial charge in [-0.05, 0) is 37.2 Å². The second-order valence-corrected chi connectivity index (χ2v) is 7.48. The summed E-state index contributed by atoms with van der Waals surface area (Å²) in [5.74, 6) is 1.42. The Hall–Kier alpha value is -1.35. The summed E-state index contributed by atoms with van der Waals surface area (Å²) in [4.78, 5) is 12.9. The molecule has 0 radical (unpaired) electrons. The molecule has 0 spiro atoms. The first-order valence-corrected chi connectivity index (χ1v) is 8.32. The topological polar surface area (TPSA) is 39.4 Å². The smallest absolute Gasteiger partial charge is 0.224 e. The number of hydrogen-bond donors (Lipinski definition) is 0. The van der Waals surface area contributed by atoms with E-state index in [1.165, 1.54) is 0 Å². The fraction of sp³-hybridized carbons (Fsp3) is 0.632. The van der Waals surface area contributed by atoms with Gasteiger partial charge in [0.25, 0.3) is 0 Å². The van der Waals surface area contributed by atoms with Gasteiger partial charge in [-0.3, -0.25) is 4.79 Å². The van der Waals surface area contributed by atoms with Crippen molar-refractivity contribution in [2.45, 2.75) is 53.6 Å². The van der Waals surface area contributed by atoms with Gasteiger partial charge in [0.15, 0.2) is 5.76 Å². The number of furan rings is 1. The minimum atomic E-state index is -0.258. The molecule has 120 valence electrons. The van der Waals surface area contributed by atoms with Gasteiger partial charge >= 0.3 is 0 Å². The van der Waals surface area contributed by atoms with Crippen LogP contribution in [0.3, 0.4) is 0 Å².